The molecule has 5 heteroatoms. The SMILES string of the molecule is Cl.O=C(CCC1CCNCC1)NCCCOC1CCCCC1. The summed E-state index contributed by atoms with van der Waals surface area (Å²) in [5, 5.41) is 6.39. The van der Waals surface area contributed by atoms with E-state index in [1.165, 1.54) is 44.9 Å². The molecule has 2 fully saturated rings. The quantitative estimate of drug-likeness (QED) is 0.672. The van der Waals surface area contributed by atoms with Crippen molar-refractivity contribution in [2.75, 3.05) is 26.2 Å². The Bertz CT molecular complexity index is 290. The minimum Gasteiger partial charge on any atom is -0.378 e. The zero-order valence-corrected chi connectivity index (χ0v) is 14.6. The van der Waals surface area contributed by atoms with Gasteiger partial charge in [0.1, 0.15) is 0 Å². The van der Waals surface area contributed by atoms with Gasteiger partial charge in [0.15, 0.2) is 0 Å². The number of hydrogen-bond acceptors (Lipinski definition) is 3. The summed E-state index contributed by atoms with van der Waals surface area (Å²) in [5.41, 5.74) is 0. The molecule has 0 bridgehead atoms. The second-order valence-corrected chi connectivity index (χ2v) is 6.57. The van der Waals surface area contributed by atoms with Gasteiger partial charge in [-0.15, -0.1) is 12.4 Å². The number of piperidine rings is 1. The highest BCUT2D eigenvalue weighted by Gasteiger charge is 2.15. The minimum atomic E-state index is 0. The number of nitrogens with one attached hydrogen (secondary N) is 2. The van der Waals surface area contributed by atoms with Crippen molar-refractivity contribution < 1.29 is 9.53 Å². The van der Waals surface area contributed by atoms with Crippen LogP contribution in [-0.2, 0) is 9.53 Å². The van der Waals surface area contributed by atoms with Crippen molar-refractivity contribution in [1.82, 2.24) is 10.6 Å². The Hall–Kier alpha value is -0.320. The van der Waals surface area contributed by atoms with Crippen LogP contribution in [0.25, 0.3) is 0 Å². The van der Waals surface area contributed by atoms with Gasteiger partial charge in [-0.1, -0.05) is 19.3 Å². The van der Waals surface area contributed by atoms with Gasteiger partial charge in [0.25, 0.3) is 0 Å². The van der Waals surface area contributed by atoms with Crippen molar-refractivity contribution in [2.45, 2.75) is 70.3 Å². The molecule has 2 aliphatic rings. The average molecular weight is 333 g/mol. The van der Waals surface area contributed by atoms with E-state index in [1.807, 2.05) is 0 Å². The first-order chi connectivity index (χ1) is 10.3. The number of hydrogen-bond donors (Lipinski definition) is 2. The normalized spacial score (nSPS) is 20.4. The standard InChI is InChI=1S/C17H32N2O2.ClH/c20-17(8-7-15-9-12-18-13-10-15)19-11-4-14-21-16-5-2-1-3-6-16;/h15-16,18H,1-14H2,(H,19,20);1H. The third-order valence-corrected chi connectivity index (χ3v) is 4.79. The molecule has 1 saturated heterocycles. The number of rotatable bonds is 8. The third-order valence-electron chi connectivity index (χ3n) is 4.79. The summed E-state index contributed by atoms with van der Waals surface area (Å²) in [6.45, 7) is 3.78. The maximum atomic E-state index is 11.8. The molecule has 0 aromatic heterocycles. The molecule has 2 N–H and O–H groups in total. The van der Waals surface area contributed by atoms with E-state index < -0.39 is 0 Å². The lowest BCUT2D eigenvalue weighted by Crippen LogP contribution is -2.30. The molecule has 22 heavy (non-hydrogen) atoms. The number of amides is 1. The predicted molar refractivity (Wildman–Crippen MR) is 92.5 cm³/mol. The number of ether oxygens (including phenoxy) is 1. The Morgan fingerprint density at radius 3 is 2.55 bits per heavy atom. The van der Waals surface area contributed by atoms with Gasteiger partial charge in [-0.05, 0) is 57.5 Å². The molecule has 130 valence electrons. The number of carbonyl (C=O) groups is 1. The summed E-state index contributed by atoms with van der Waals surface area (Å²) in [7, 11) is 0. The maximum Gasteiger partial charge on any atom is 0.220 e. The van der Waals surface area contributed by atoms with Crippen LogP contribution in [0.15, 0.2) is 0 Å². The van der Waals surface area contributed by atoms with Crippen LogP contribution in [0.1, 0.15) is 64.2 Å². The van der Waals surface area contributed by atoms with Crippen LogP contribution in [0.3, 0.4) is 0 Å². The lowest BCUT2D eigenvalue weighted by molar-refractivity contribution is -0.121. The second-order valence-electron chi connectivity index (χ2n) is 6.57. The lowest BCUT2D eigenvalue weighted by Gasteiger charge is -2.22. The molecule has 1 amide bonds. The van der Waals surface area contributed by atoms with E-state index in [2.05, 4.69) is 10.6 Å². The van der Waals surface area contributed by atoms with Gasteiger partial charge in [-0.2, -0.15) is 0 Å². The molecular weight excluding hydrogens is 300 g/mol. The summed E-state index contributed by atoms with van der Waals surface area (Å²) in [4.78, 5) is 11.8. The Labute approximate surface area is 141 Å². The highest BCUT2D eigenvalue weighted by Crippen LogP contribution is 2.20. The van der Waals surface area contributed by atoms with Gasteiger partial charge < -0.3 is 15.4 Å². The van der Waals surface area contributed by atoms with Crippen molar-refractivity contribution >= 4 is 18.3 Å². The molecule has 0 aromatic rings. The highest BCUT2D eigenvalue weighted by molar-refractivity contribution is 5.85. The van der Waals surface area contributed by atoms with Crippen molar-refractivity contribution in [3.05, 3.63) is 0 Å². The Morgan fingerprint density at radius 1 is 1.09 bits per heavy atom. The molecule has 4 nitrogen and oxygen atoms in total. The van der Waals surface area contributed by atoms with E-state index in [9.17, 15) is 4.79 Å². The monoisotopic (exact) mass is 332 g/mol. The largest absolute Gasteiger partial charge is 0.378 e. The van der Waals surface area contributed by atoms with Gasteiger partial charge in [0.2, 0.25) is 5.91 Å². The van der Waals surface area contributed by atoms with E-state index >= 15 is 0 Å². The molecule has 1 saturated carbocycles. The van der Waals surface area contributed by atoms with Crippen LogP contribution in [0, 0.1) is 5.92 Å². The molecule has 1 aliphatic carbocycles. The maximum absolute atomic E-state index is 11.8. The van der Waals surface area contributed by atoms with Gasteiger partial charge in [-0.25, -0.2) is 0 Å². The van der Waals surface area contributed by atoms with Gasteiger partial charge in [-0.3, -0.25) is 4.79 Å². The topological polar surface area (TPSA) is 50.4 Å². The van der Waals surface area contributed by atoms with Crippen LogP contribution >= 0.6 is 12.4 Å². The van der Waals surface area contributed by atoms with Crippen LogP contribution in [0.5, 0.6) is 0 Å². The van der Waals surface area contributed by atoms with Gasteiger partial charge in [0, 0.05) is 19.6 Å². The summed E-state index contributed by atoms with van der Waals surface area (Å²) in [5.74, 6) is 0.956. The molecule has 0 aromatic carbocycles. The molecule has 2 rings (SSSR count). The first-order valence-corrected chi connectivity index (χ1v) is 8.93. The fraction of sp³-hybridized carbons (Fsp3) is 0.941. The summed E-state index contributed by atoms with van der Waals surface area (Å²) in [6.07, 6.45) is 12.1. The highest BCUT2D eigenvalue weighted by atomic mass is 35.5. The average Bonchev–Trinajstić information content (AvgIpc) is 2.54. The minimum absolute atomic E-state index is 0. The predicted octanol–water partition coefficient (Wildman–Crippen LogP) is 3.04. The summed E-state index contributed by atoms with van der Waals surface area (Å²) < 4.78 is 5.86. The van der Waals surface area contributed by atoms with Gasteiger partial charge >= 0.3 is 0 Å². The Kier molecular flexibility index (Phi) is 10.9. The van der Waals surface area contributed by atoms with E-state index in [0.717, 1.165) is 45.0 Å². The van der Waals surface area contributed by atoms with E-state index in [0.29, 0.717) is 12.5 Å². The Morgan fingerprint density at radius 2 is 1.82 bits per heavy atom. The smallest absolute Gasteiger partial charge is 0.220 e. The molecule has 1 heterocycles. The van der Waals surface area contributed by atoms with Crippen LogP contribution in [0.4, 0.5) is 0 Å². The fourth-order valence-electron chi connectivity index (χ4n) is 3.38. The summed E-state index contributed by atoms with van der Waals surface area (Å²) in [6, 6.07) is 0. The number of carbonyl (C=O) groups excluding carboxylic acids is 1. The second kappa shape index (κ2) is 12.1. The fourth-order valence-corrected chi connectivity index (χ4v) is 3.38. The van der Waals surface area contributed by atoms with Crippen LogP contribution in [0.2, 0.25) is 0 Å². The van der Waals surface area contributed by atoms with Crippen molar-refractivity contribution in [2.24, 2.45) is 5.92 Å². The molecule has 0 atom stereocenters. The van der Waals surface area contributed by atoms with E-state index in [-0.39, 0.29) is 18.3 Å². The van der Waals surface area contributed by atoms with Crippen molar-refractivity contribution in [3.8, 4) is 0 Å². The molecule has 0 spiro atoms. The van der Waals surface area contributed by atoms with Crippen LogP contribution < -0.4 is 10.6 Å². The zero-order valence-electron chi connectivity index (χ0n) is 13.8. The van der Waals surface area contributed by atoms with Crippen molar-refractivity contribution in [1.29, 1.82) is 0 Å². The third kappa shape index (κ3) is 8.35. The molecule has 0 unspecified atom stereocenters. The first kappa shape index (κ1) is 19.7. The lowest BCUT2D eigenvalue weighted by atomic mass is 9.93. The zero-order chi connectivity index (χ0) is 14.8. The Balaban J connectivity index is 0.00000242. The first-order valence-electron chi connectivity index (χ1n) is 8.93. The molecule has 0 radical (unpaired) electrons. The molecule has 1 aliphatic heterocycles. The molecular formula is C17H33ClN2O2. The van der Waals surface area contributed by atoms with Crippen LogP contribution in [-0.4, -0.2) is 38.3 Å². The van der Waals surface area contributed by atoms with E-state index in [1.54, 1.807) is 0 Å². The summed E-state index contributed by atoms with van der Waals surface area (Å²) >= 11 is 0. The van der Waals surface area contributed by atoms with Gasteiger partial charge in [0.05, 0.1) is 6.10 Å². The van der Waals surface area contributed by atoms with E-state index in [4.69, 9.17) is 4.74 Å². The number of halogens is 1. The van der Waals surface area contributed by atoms with Crippen molar-refractivity contribution in [3.63, 3.8) is 0 Å².